The van der Waals surface area contributed by atoms with Crippen molar-refractivity contribution in [3.8, 4) is 5.75 Å². The number of nitrogens with zero attached hydrogens (tertiary/aromatic N) is 1. The van der Waals surface area contributed by atoms with Crippen LogP contribution in [0.2, 0.25) is 0 Å². The Hall–Kier alpha value is -1.95. The number of methoxy groups -OCH3 is 1. The third-order valence-corrected chi connectivity index (χ3v) is 3.66. The van der Waals surface area contributed by atoms with Crippen molar-refractivity contribution < 1.29 is 13.9 Å². The second kappa shape index (κ2) is 6.67. The zero-order valence-electron chi connectivity index (χ0n) is 11.6. The van der Waals surface area contributed by atoms with E-state index < -0.39 is 5.82 Å². The third-order valence-electron chi connectivity index (χ3n) is 3.03. The van der Waals surface area contributed by atoms with Crippen LogP contribution in [0.1, 0.15) is 28.9 Å². The largest absolute Gasteiger partial charge is 0.494 e. The molecule has 2 rings (SSSR count). The molecule has 0 fully saturated rings. The molecule has 1 atom stereocenters. The number of carbonyl (C=O) groups excluding carboxylic acids is 1. The van der Waals surface area contributed by atoms with E-state index in [-0.39, 0.29) is 17.7 Å². The lowest BCUT2D eigenvalue weighted by Gasteiger charge is -2.15. The van der Waals surface area contributed by atoms with Gasteiger partial charge in [-0.1, -0.05) is 6.07 Å². The van der Waals surface area contributed by atoms with Gasteiger partial charge in [0.25, 0.3) is 5.91 Å². The van der Waals surface area contributed by atoms with Gasteiger partial charge >= 0.3 is 0 Å². The van der Waals surface area contributed by atoms with Crippen LogP contribution in [0.25, 0.3) is 0 Å². The Kier molecular flexibility index (Phi) is 4.90. The van der Waals surface area contributed by atoms with Gasteiger partial charge in [0.15, 0.2) is 11.6 Å². The predicted molar refractivity (Wildman–Crippen MR) is 80.8 cm³/mol. The Balaban J connectivity index is 2.14. The second-order valence-corrected chi connectivity index (χ2v) is 5.18. The fourth-order valence-corrected chi connectivity index (χ4v) is 2.30. The molecule has 1 aromatic heterocycles. The number of rotatable bonds is 4. The molecule has 0 spiro atoms. The maximum absolute atomic E-state index is 13.7. The highest BCUT2D eigenvalue weighted by molar-refractivity contribution is 9.10. The van der Waals surface area contributed by atoms with Gasteiger partial charge in [0.2, 0.25) is 0 Å². The fraction of sp³-hybridized carbons (Fsp3) is 0.200. The van der Waals surface area contributed by atoms with E-state index in [2.05, 4.69) is 26.2 Å². The van der Waals surface area contributed by atoms with Gasteiger partial charge in [-0.05, 0) is 52.7 Å². The average Bonchev–Trinajstić information content (AvgIpc) is 2.47. The lowest BCUT2D eigenvalue weighted by atomic mass is 10.1. The van der Waals surface area contributed by atoms with Gasteiger partial charge in [-0.2, -0.15) is 0 Å². The summed E-state index contributed by atoms with van der Waals surface area (Å²) in [6.07, 6.45) is 1.59. The Bertz CT molecular complexity index is 664. The highest BCUT2D eigenvalue weighted by atomic mass is 79.9. The molecular formula is C15H14BrFN2O2. The molecule has 0 aliphatic heterocycles. The minimum atomic E-state index is -0.460. The molecule has 0 bridgehead atoms. The molecule has 21 heavy (non-hydrogen) atoms. The highest BCUT2D eigenvalue weighted by Gasteiger charge is 2.15. The van der Waals surface area contributed by atoms with Crippen LogP contribution in [-0.2, 0) is 0 Å². The summed E-state index contributed by atoms with van der Waals surface area (Å²) in [6, 6.07) is 7.59. The van der Waals surface area contributed by atoms with Gasteiger partial charge in [0.05, 0.1) is 18.7 Å². The SMILES string of the molecule is COc1ccc(C(C)NC(=O)c2cccnc2Br)cc1F. The van der Waals surface area contributed by atoms with Crippen LogP contribution in [0.15, 0.2) is 41.1 Å². The zero-order chi connectivity index (χ0) is 15.4. The topological polar surface area (TPSA) is 51.2 Å². The maximum Gasteiger partial charge on any atom is 0.254 e. The minimum Gasteiger partial charge on any atom is -0.494 e. The van der Waals surface area contributed by atoms with E-state index in [1.165, 1.54) is 19.2 Å². The van der Waals surface area contributed by atoms with Crippen LogP contribution >= 0.6 is 15.9 Å². The number of amides is 1. The number of hydrogen-bond donors (Lipinski definition) is 1. The predicted octanol–water partition coefficient (Wildman–Crippen LogP) is 3.48. The van der Waals surface area contributed by atoms with Crippen molar-refractivity contribution in [1.82, 2.24) is 10.3 Å². The molecule has 110 valence electrons. The summed E-state index contributed by atoms with van der Waals surface area (Å²) in [4.78, 5) is 16.2. The van der Waals surface area contributed by atoms with Gasteiger partial charge in [-0.25, -0.2) is 9.37 Å². The Morgan fingerprint density at radius 2 is 2.19 bits per heavy atom. The molecular weight excluding hydrogens is 339 g/mol. The molecule has 0 saturated heterocycles. The van der Waals surface area contributed by atoms with Gasteiger partial charge in [0, 0.05) is 6.20 Å². The summed E-state index contributed by atoms with van der Waals surface area (Å²) < 4.78 is 19.0. The van der Waals surface area contributed by atoms with Crippen LogP contribution in [0.3, 0.4) is 0 Å². The highest BCUT2D eigenvalue weighted by Crippen LogP contribution is 2.22. The summed E-state index contributed by atoms with van der Waals surface area (Å²) in [6.45, 7) is 1.78. The monoisotopic (exact) mass is 352 g/mol. The van der Waals surface area contributed by atoms with Gasteiger partial charge in [-0.3, -0.25) is 4.79 Å². The van der Waals surface area contributed by atoms with E-state index in [0.29, 0.717) is 15.7 Å². The van der Waals surface area contributed by atoms with Crippen LogP contribution in [0.4, 0.5) is 4.39 Å². The number of carbonyl (C=O) groups is 1. The summed E-state index contributed by atoms with van der Waals surface area (Å²) >= 11 is 3.23. The van der Waals surface area contributed by atoms with E-state index >= 15 is 0 Å². The first kappa shape index (κ1) is 15.4. The summed E-state index contributed by atoms with van der Waals surface area (Å²) in [5.41, 5.74) is 1.08. The number of benzene rings is 1. The van der Waals surface area contributed by atoms with Crippen LogP contribution in [0, 0.1) is 5.82 Å². The molecule has 1 aromatic carbocycles. The molecule has 0 saturated carbocycles. The van der Waals surface area contributed by atoms with Gasteiger partial charge in [-0.15, -0.1) is 0 Å². The summed E-state index contributed by atoms with van der Waals surface area (Å²) in [5.74, 6) is -0.565. The average molecular weight is 353 g/mol. The number of ether oxygens (including phenoxy) is 1. The number of aromatic nitrogens is 1. The molecule has 1 amide bonds. The molecule has 0 aliphatic rings. The molecule has 1 unspecified atom stereocenters. The van der Waals surface area contributed by atoms with Crippen molar-refractivity contribution in [2.45, 2.75) is 13.0 Å². The van der Waals surface area contributed by atoms with E-state index in [4.69, 9.17) is 4.74 Å². The van der Waals surface area contributed by atoms with Crippen molar-refractivity contribution in [2.75, 3.05) is 7.11 Å². The van der Waals surface area contributed by atoms with Gasteiger partial charge < -0.3 is 10.1 Å². The smallest absolute Gasteiger partial charge is 0.254 e. The molecule has 0 aliphatic carbocycles. The normalized spacial score (nSPS) is 11.8. The first-order chi connectivity index (χ1) is 10.0. The van der Waals surface area contributed by atoms with E-state index in [0.717, 1.165) is 0 Å². The van der Waals surface area contributed by atoms with Crippen LogP contribution in [-0.4, -0.2) is 18.0 Å². The van der Waals surface area contributed by atoms with E-state index in [9.17, 15) is 9.18 Å². The Morgan fingerprint density at radius 1 is 1.43 bits per heavy atom. The molecule has 0 radical (unpaired) electrons. The number of halogens is 2. The number of hydrogen-bond acceptors (Lipinski definition) is 3. The summed E-state index contributed by atoms with van der Waals surface area (Å²) in [7, 11) is 1.41. The number of pyridine rings is 1. The first-order valence-corrected chi connectivity index (χ1v) is 7.07. The Morgan fingerprint density at radius 3 is 2.81 bits per heavy atom. The van der Waals surface area contributed by atoms with Crippen molar-refractivity contribution in [2.24, 2.45) is 0 Å². The van der Waals surface area contributed by atoms with Crippen molar-refractivity contribution in [3.05, 3.63) is 58.1 Å². The second-order valence-electron chi connectivity index (χ2n) is 4.43. The maximum atomic E-state index is 13.7. The lowest BCUT2D eigenvalue weighted by Crippen LogP contribution is -2.27. The molecule has 2 aromatic rings. The van der Waals surface area contributed by atoms with Crippen molar-refractivity contribution >= 4 is 21.8 Å². The number of nitrogens with one attached hydrogen (secondary N) is 1. The molecule has 6 heteroatoms. The molecule has 1 N–H and O–H groups in total. The van der Waals surface area contributed by atoms with Crippen LogP contribution in [0.5, 0.6) is 5.75 Å². The fourth-order valence-electron chi connectivity index (χ4n) is 1.87. The van der Waals surface area contributed by atoms with Crippen molar-refractivity contribution in [1.29, 1.82) is 0 Å². The Labute approximate surface area is 130 Å². The molecule has 4 nitrogen and oxygen atoms in total. The quantitative estimate of drug-likeness (QED) is 0.857. The van der Waals surface area contributed by atoms with Crippen molar-refractivity contribution in [3.63, 3.8) is 0 Å². The minimum absolute atomic E-state index is 0.173. The van der Waals surface area contributed by atoms with Gasteiger partial charge in [0.1, 0.15) is 4.60 Å². The summed E-state index contributed by atoms with van der Waals surface area (Å²) in [5, 5.41) is 2.80. The third kappa shape index (κ3) is 3.58. The standard InChI is InChI=1S/C15H14BrFN2O2/c1-9(10-5-6-13(21-2)12(17)8-10)19-15(20)11-4-3-7-18-14(11)16/h3-9H,1-2H3,(H,19,20). The molecule has 1 heterocycles. The van der Waals surface area contributed by atoms with E-state index in [1.807, 2.05) is 0 Å². The lowest BCUT2D eigenvalue weighted by molar-refractivity contribution is 0.0938. The zero-order valence-corrected chi connectivity index (χ0v) is 13.1. The first-order valence-electron chi connectivity index (χ1n) is 6.27. The van der Waals surface area contributed by atoms with Crippen LogP contribution < -0.4 is 10.1 Å². The van der Waals surface area contributed by atoms with E-state index in [1.54, 1.807) is 31.3 Å².